The van der Waals surface area contributed by atoms with Gasteiger partial charge < -0.3 is 15.1 Å². The third-order valence-corrected chi connectivity index (χ3v) is 4.39. The highest BCUT2D eigenvalue weighted by atomic mass is 16.3. The van der Waals surface area contributed by atoms with E-state index in [4.69, 9.17) is 4.42 Å². The molecule has 2 heterocycles. The molecule has 2 N–H and O–H groups in total. The van der Waals surface area contributed by atoms with Crippen LogP contribution < -0.4 is 10.6 Å². The second-order valence-corrected chi connectivity index (χ2v) is 6.28. The minimum absolute atomic E-state index is 0.0484. The molecule has 5 heteroatoms. The topological polar surface area (TPSA) is 57.5 Å². The third-order valence-electron chi connectivity index (χ3n) is 4.39. The average molecular weight is 327 g/mol. The average Bonchev–Trinajstić information content (AvgIpc) is 3.26. The Kier molecular flexibility index (Phi) is 5.67. The van der Waals surface area contributed by atoms with Crippen LogP contribution >= 0.6 is 0 Å². The van der Waals surface area contributed by atoms with Crippen LogP contribution in [0.1, 0.15) is 37.1 Å². The van der Waals surface area contributed by atoms with Crippen molar-refractivity contribution in [2.24, 2.45) is 0 Å². The number of carbonyl (C=O) groups excluding carboxylic acids is 1. The van der Waals surface area contributed by atoms with Crippen LogP contribution in [0, 0.1) is 0 Å². The van der Waals surface area contributed by atoms with Gasteiger partial charge in [0.2, 0.25) is 5.91 Å². The number of benzene rings is 1. The maximum atomic E-state index is 11.0. The Morgan fingerprint density at radius 2 is 1.96 bits per heavy atom. The van der Waals surface area contributed by atoms with E-state index >= 15 is 0 Å². The number of carbonyl (C=O) groups is 1. The van der Waals surface area contributed by atoms with Crippen molar-refractivity contribution in [2.45, 2.75) is 32.4 Å². The Labute approximate surface area is 143 Å². The van der Waals surface area contributed by atoms with Gasteiger partial charge in [-0.2, -0.15) is 0 Å². The summed E-state index contributed by atoms with van der Waals surface area (Å²) in [4.78, 5) is 13.5. The van der Waals surface area contributed by atoms with Gasteiger partial charge in [0.25, 0.3) is 0 Å². The number of furan rings is 1. The summed E-state index contributed by atoms with van der Waals surface area (Å²) in [7, 11) is 0. The largest absolute Gasteiger partial charge is 0.468 e. The molecule has 1 fully saturated rings. The maximum absolute atomic E-state index is 11.0. The van der Waals surface area contributed by atoms with Gasteiger partial charge in [0, 0.05) is 25.7 Å². The van der Waals surface area contributed by atoms with Crippen molar-refractivity contribution >= 4 is 11.6 Å². The van der Waals surface area contributed by atoms with Crippen molar-refractivity contribution in [2.75, 3.05) is 25.0 Å². The minimum atomic E-state index is -0.0484. The first kappa shape index (κ1) is 16.7. The van der Waals surface area contributed by atoms with Gasteiger partial charge in [-0.15, -0.1) is 0 Å². The highest BCUT2D eigenvalue weighted by molar-refractivity contribution is 5.88. The van der Waals surface area contributed by atoms with E-state index in [1.807, 2.05) is 30.3 Å². The highest BCUT2D eigenvalue weighted by Crippen LogP contribution is 2.25. The summed E-state index contributed by atoms with van der Waals surface area (Å²) in [6.07, 6.45) is 4.28. The Balaban J connectivity index is 1.54. The lowest BCUT2D eigenvalue weighted by molar-refractivity contribution is -0.114. The zero-order valence-corrected chi connectivity index (χ0v) is 14.1. The normalized spacial score (nSPS) is 16.2. The zero-order valence-electron chi connectivity index (χ0n) is 14.1. The molecule has 1 aromatic heterocycles. The van der Waals surface area contributed by atoms with Gasteiger partial charge in [-0.25, -0.2) is 0 Å². The minimum Gasteiger partial charge on any atom is -0.468 e. The summed E-state index contributed by atoms with van der Waals surface area (Å²) in [6, 6.07) is 12.3. The van der Waals surface area contributed by atoms with Crippen LogP contribution in [0.15, 0.2) is 47.1 Å². The molecule has 1 unspecified atom stereocenters. The Morgan fingerprint density at radius 3 is 2.58 bits per heavy atom. The molecule has 0 aliphatic carbocycles. The maximum Gasteiger partial charge on any atom is 0.221 e. The Morgan fingerprint density at radius 1 is 1.21 bits per heavy atom. The van der Waals surface area contributed by atoms with E-state index in [0.717, 1.165) is 37.6 Å². The van der Waals surface area contributed by atoms with Crippen LogP contribution in [0.5, 0.6) is 0 Å². The van der Waals surface area contributed by atoms with Crippen LogP contribution in [0.3, 0.4) is 0 Å². The molecule has 5 nitrogen and oxygen atoms in total. The summed E-state index contributed by atoms with van der Waals surface area (Å²) >= 11 is 0. The summed E-state index contributed by atoms with van der Waals surface area (Å²) in [6.45, 7) is 5.45. The lowest BCUT2D eigenvalue weighted by atomic mass is 10.1. The molecular formula is C19H25N3O2. The number of rotatable bonds is 7. The van der Waals surface area contributed by atoms with E-state index < -0.39 is 0 Å². The second kappa shape index (κ2) is 8.13. The molecular weight excluding hydrogens is 302 g/mol. The molecule has 1 aliphatic heterocycles. The fraction of sp³-hybridized carbons (Fsp3) is 0.421. The molecule has 1 aromatic carbocycles. The van der Waals surface area contributed by atoms with Gasteiger partial charge in [0.15, 0.2) is 0 Å². The molecule has 128 valence electrons. The first-order chi connectivity index (χ1) is 11.7. The number of amides is 1. The molecule has 0 saturated carbocycles. The van der Waals surface area contributed by atoms with E-state index in [1.54, 1.807) is 6.26 Å². The summed E-state index contributed by atoms with van der Waals surface area (Å²) < 4.78 is 5.64. The number of likely N-dealkylation sites (tertiary alicyclic amines) is 1. The number of anilines is 1. The smallest absolute Gasteiger partial charge is 0.221 e. The zero-order chi connectivity index (χ0) is 16.8. The Hall–Kier alpha value is -2.11. The third kappa shape index (κ3) is 4.46. The van der Waals surface area contributed by atoms with Gasteiger partial charge in [-0.3, -0.25) is 9.69 Å². The van der Waals surface area contributed by atoms with Crippen LogP contribution in [0.25, 0.3) is 0 Å². The number of hydrogen-bond donors (Lipinski definition) is 2. The quantitative estimate of drug-likeness (QED) is 0.820. The van der Waals surface area contributed by atoms with Gasteiger partial charge in [-0.05, 0) is 55.8 Å². The first-order valence-corrected chi connectivity index (χ1v) is 8.57. The summed E-state index contributed by atoms with van der Waals surface area (Å²) in [5.41, 5.74) is 2.03. The SMILES string of the molecule is CC(=O)Nc1ccc(CNCC(c2ccco2)N2CCCC2)cc1. The molecule has 1 amide bonds. The lowest BCUT2D eigenvalue weighted by Crippen LogP contribution is -2.33. The lowest BCUT2D eigenvalue weighted by Gasteiger charge is -2.26. The van der Waals surface area contributed by atoms with Crippen molar-refractivity contribution in [3.8, 4) is 0 Å². The van der Waals surface area contributed by atoms with Crippen LogP contribution in [-0.2, 0) is 11.3 Å². The van der Waals surface area contributed by atoms with E-state index in [1.165, 1.54) is 25.3 Å². The van der Waals surface area contributed by atoms with Crippen LogP contribution in [0.2, 0.25) is 0 Å². The van der Waals surface area contributed by atoms with Gasteiger partial charge in [0.1, 0.15) is 5.76 Å². The monoisotopic (exact) mass is 327 g/mol. The molecule has 2 aromatic rings. The fourth-order valence-electron chi connectivity index (χ4n) is 3.21. The molecule has 0 radical (unpaired) electrons. The van der Waals surface area contributed by atoms with Crippen molar-refractivity contribution < 1.29 is 9.21 Å². The molecule has 1 atom stereocenters. The molecule has 1 saturated heterocycles. The standard InChI is InChI=1S/C19H25N3O2/c1-15(23)21-17-8-6-16(7-9-17)13-20-14-18(19-5-4-12-24-19)22-10-2-3-11-22/h4-9,12,18,20H,2-3,10-11,13-14H2,1H3,(H,21,23). The molecule has 3 rings (SSSR count). The fourth-order valence-corrected chi connectivity index (χ4v) is 3.21. The molecule has 0 spiro atoms. The van der Waals surface area contributed by atoms with E-state index in [9.17, 15) is 4.79 Å². The number of hydrogen-bond acceptors (Lipinski definition) is 4. The van der Waals surface area contributed by atoms with Crippen molar-refractivity contribution in [3.05, 3.63) is 54.0 Å². The summed E-state index contributed by atoms with van der Waals surface area (Å²) in [5.74, 6) is 0.984. The van der Waals surface area contributed by atoms with Gasteiger partial charge in [-0.1, -0.05) is 12.1 Å². The highest BCUT2D eigenvalue weighted by Gasteiger charge is 2.24. The van der Waals surface area contributed by atoms with E-state index in [-0.39, 0.29) is 5.91 Å². The van der Waals surface area contributed by atoms with E-state index in [2.05, 4.69) is 21.6 Å². The predicted molar refractivity (Wildman–Crippen MR) is 94.7 cm³/mol. The first-order valence-electron chi connectivity index (χ1n) is 8.57. The van der Waals surface area contributed by atoms with E-state index in [0.29, 0.717) is 6.04 Å². The van der Waals surface area contributed by atoms with Gasteiger partial charge in [0.05, 0.1) is 12.3 Å². The van der Waals surface area contributed by atoms with Crippen LogP contribution in [-0.4, -0.2) is 30.4 Å². The molecule has 24 heavy (non-hydrogen) atoms. The summed E-state index contributed by atoms with van der Waals surface area (Å²) in [5, 5.41) is 6.32. The van der Waals surface area contributed by atoms with Crippen molar-refractivity contribution in [1.29, 1.82) is 0 Å². The van der Waals surface area contributed by atoms with Gasteiger partial charge >= 0.3 is 0 Å². The second-order valence-electron chi connectivity index (χ2n) is 6.28. The van der Waals surface area contributed by atoms with Crippen molar-refractivity contribution in [1.82, 2.24) is 10.2 Å². The van der Waals surface area contributed by atoms with Crippen LogP contribution in [0.4, 0.5) is 5.69 Å². The molecule has 1 aliphatic rings. The number of nitrogens with zero attached hydrogens (tertiary/aromatic N) is 1. The predicted octanol–water partition coefficient (Wildman–Crippen LogP) is 3.16. The number of nitrogens with one attached hydrogen (secondary N) is 2. The van der Waals surface area contributed by atoms with Crippen molar-refractivity contribution in [3.63, 3.8) is 0 Å². The Bertz CT molecular complexity index is 631. The molecule has 0 bridgehead atoms.